The largest absolute Gasteiger partial charge is 0.502 e. The van der Waals surface area contributed by atoms with Crippen molar-refractivity contribution in [3.8, 4) is 0 Å². The van der Waals surface area contributed by atoms with E-state index in [2.05, 4.69) is 15.0 Å². The maximum absolute atomic E-state index is 11.5. The quantitative estimate of drug-likeness (QED) is 0.479. The first-order chi connectivity index (χ1) is 11.3. The van der Waals surface area contributed by atoms with E-state index in [4.69, 9.17) is 28.5 Å². The molecule has 1 aliphatic rings. The minimum absolute atomic E-state index is 0. The van der Waals surface area contributed by atoms with Crippen molar-refractivity contribution < 1.29 is 45.9 Å². The Morgan fingerprint density at radius 1 is 1.28 bits per heavy atom. The first-order valence-electron chi connectivity index (χ1n) is 7.21. The van der Waals surface area contributed by atoms with E-state index in [9.17, 15) is 8.42 Å². The van der Waals surface area contributed by atoms with Gasteiger partial charge in [-0.2, -0.15) is 5.41 Å². The zero-order valence-electron chi connectivity index (χ0n) is 13.3. The van der Waals surface area contributed by atoms with Gasteiger partial charge in [0.2, 0.25) is 0 Å². The zero-order valence-corrected chi connectivity index (χ0v) is 16.9. The summed E-state index contributed by atoms with van der Waals surface area (Å²) in [5, 5.41) is 0.675. The second kappa shape index (κ2) is 7.72. The molecule has 133 valence electrons. The second-order valence-corrected chi connectivity index (χ2v) is 7.60. The Bertz CT molecular complexity index is 872. The van der Waals surface area contributed by atoms with Gasteiger partial charge < -0.3 is 28.5 Å². The molecule has 0 unspecified atom stereocenters. The molecule has 0 amide bonds. The predicted octanol–water partition coefficient (Wildman–Crippen LogP) is -1.29. The van der Waals surface area contributed by atoms with Crippen LogP contribution >= 0.6 is 0 Å². The van der Waals surface area contributed by atoms with Crippen LogP contribution in [0.25, 0.3) is 11.2 Å². The van der Waals surface area contributed by atoms with E-state index in [0.29, 0.717) is 16.6 Å². The summed E-state index contributed by atoms with van der Waals surface area (Å²) in [6.07, 6.45) is 1.84. The van der Waals surface area contributed by atoms with Crippen molar-refractivity contribution in [2.75, 3.05) is 11.5 Å². The summed E-state index contributed by atoms with van der Waals surface area (Å²) in [6, 6.07) is -1.10. The SMILES string of the molecule is [CH-]=CS(=O)(=O)CC[C@H]1O[C@@H](n2cnc3c(N)ncnc32)[C@H](N)[C@@H]1N.[Y]. The molecule has 0 bridgehead atoms. The van der Waals surface area contributed by atoms with Crippen LogP contribution in [0.15, 0.2) is 18.1 Å². The molecular weight excluding hydrogens is 423 g/mol. The van der Waals surface area contributed by atoms with E-state index in [1.54, 1.807) is 4.57 Å². The van der Waals surface area contributed by atoms with Crippen molar-refractivity contribution in [2.24, 2.45) is 11.5 Å². The number of sulfone groups is 1. The molecule has 6 N–H and O–H groups in total. The van der Waals surface area contributed by atoms with Crippen molar-refractivity contribution in [2.45, 2.75) is 30.8 Å². The van der Waals surface area contributed by atoms with E-state index < -0.39 is 34.3 Å². The van der Waals surface area contributed by atoms with E-state index in [-0.39, 0.29) is 50.7 Å². The van der Waals surface area contributed by atoms with Gasteiger partial charge in [0.15, 0.2) is 17.7 Å². The summed E-state index contributed by atoms with van der Waals surface area (Å²) in [4.78, 5) is 12.2. The summed E-state index contributed by atoms with van der Waals surface area (Å²) in [7, 11) is -3.44. The summed E-state index contributed by atoms with van der Waals surface area (Å²) in [6.45, 7) is 5.09. The number of rotatable bonds is 5. The van der Waals surface area contributed by atoms with Crippen molar-refractivity contribution in [3.63, 3.8) is 0 Å². The van der Waals surface area contributed by atoms with Crippen LogP contribution in [0.1, 0.15) is 12.6 Å². The number of fused-ring (bicyclic) bond motifs is 1. The molecule has 0 aliphatic carbocycles. The van der Waals surface area contributed by atoms with Gasteiger partial charge in [0.05, 0.1) is 30.3 Å². The maximum atomic E-state index is 11.5. The number of nitrogens with two attached hydrogens (primary N) is 3. The van der Waals surface area contributed by atoms with Crippen LogP contribution < -0.4 is 17.2 Å². The van der Waals surface area contributed by atoms with E-state index >= 15 is 0 Å². The van der Waals surface area contributed by atoms with Crippen LogP contribution in [-0.4, -0.2) is 51.9 Å². The van der Waals surface area contributed by atoms with Crippen LogP contribution in [0.3, 0.4) is 0 Å². The van der Waals surface area contributed by atoms with Crippen LogP contribution in [0.2, 0.25) is 0 Å². The molecule has 10 nitrogen and oxygen atoms in total. The zero-order chi connectivity index (χ0) is 17.5. The number of hydrogen-bond donors (Lipinski definition) is 3. The first kappa shape index (κ1) is 20.3. The fraction of sp³-hybridized carbons (Fsp3) is 0.462. The predicted molar refractivity (Wildman–Crippen MR) is 86.9 cm³/mol. The maximum Gasteiger partial charge on any atom is 0.167 e. The van der Waals surface area contributed by atoms with Crippen molar-refractivity contribution in [1.82, 2.24) is 19.5 Å². The molecule has 1 fully saturated rings. The normalized spacial score (nSPS) is 26.5. The minimum atomic E-state index is -3.44. The number of nitrogens with zero attached hydrogens (tertiary/aromatic N) is 4. The number of aromatic nitrogens is 4. The van der Waals surface area contributed by atoms with Gasteiger partial charge in [-0.3, -0.25) is 4.57 Å². The Morgan fingerprint density at radius 2 is 2.00 bits per heavy atom. The Balaban J connectivity index is 0.00000225. The molecule has 1 saturated heterocycles. The van der Waals surface area contributed by atoms with E-state index in [0.717, 1.165) is 0 Å². The average Bonchev–Trinajstić information content (AvgIpc) is 3.10. The van der Waals surface area contributed by atoms with Crippen molar-refractivity contribution in [1.29, 1.82) is 0 Å². The number of anilines is 1. The van der Waals surface area contributed by atoms with E-state index in [1.807, 2.05) is 0 Å². The summed E-state index contributed by atoms with van der Waals surface area (Å²) in [5.74, 6) is 0.0805. The Morgan fingerprint density at radius 3 is 2.68 bits per heavy atom. The number of nitrogen functional groups attached to an aromatic ring is 1. The molecule has 2 aromatic heterocycles. The third-order valence-corrected chi connectivity index (χ3v) is 5.29. The third-order valence-electron chi connectivity index (χ3n) is 4.07. The molecule has 3 heterocycles. The van der Waals surface area contributed by atoms with Crippen molar-refractivity contribution >= 4 is 26.8 Å². The fourth-order valence-corrected chi connectivity index (χ4v) is 3.41. The van der Waals surface area contributed by atoms with Gasteiger partial charge in [0.25, 0.3) is 0 Å². The van der Waals surface area contributed by atoms with Crippen LogP contribution in [0, 0.1) is 6.58 Å². The van der Waals surface area contributed by atoms with Gasteiger partial charge >= 0.3 is 0 Å². The summed E-state index contributed by atoms with van der Waals surface area (Å²) in [5.41, 5.74) is 18.9. The second-order valence-electron chi connectivity index (χ2n) is 5.59. The molecular formula is C13H18N7O3SY-. The van der Waals surface area contributed by atoms with E-state index in [1.165, 1.54) is 12.7 Å². The molecule has 25 heavy (non-hydrogen) atoms. The molecule has 0 saturated carbocycles. The Kier molecular flexibility index (Phi) is 6.28. The summed E-state index contributed by atoms with van der Waals surface area (Å²) >= 11 is 0. The molecule has 1 radical (unpaired) electrons. The first-order valence-corrected chi connectivity index (χ1v) is 8.93. The smallest absolute Gasteiger partial charge is 0.167 e. The molecule has 0 aromatic carbocycles. The molecule has 12 heteroatoms. The number of hydrogen-bond acceptors (Lipinski definition) is 9. The fourth-order valence-electron chi connectivity index (χ4n) is 2.71. The Labute approximate surface area is 170 Å². The molecule has 0 spiro atoms. The molecule has 3 rings (SSSR count). The molecule has 4 atom stereocenters. The summed E-state index contributed by atoms with van der Waals surface area (Å²) < 4.78 is 30.5. The standard InChI is InChI=1S/C13H18N7O3S.Y/c1-2-24(21,22)4-3-7-8(14)9(15)13(23-7)20-6-19-10-11(16)17-5-18-12(10)20;/h1-2,5-9,13H,3-4,14-15H2,(H2,16,17,18);/q-1;/t7-,8-,9-,13-;/m1./s1. The van der Waals surface area contributed by atoms with Gasteiger partial charge in [-0.15, -0.1) is 0 Å². The number of ether oxygens (including phenoxy) is 1. The minimum Gasteiger partial charge on any atom is -0.502 e. The van der Waals surface area contributed by atoms with Gasteiger partial charge in [0, 0.05) is 32.7 Å². The monoisotopic (exact) mass is 441 g/mol. The molecule has 1 aliphatic heterocycles. The van der Waals surface area contributed by atoms with Gasteiger partial charge in [-0.25, -0.2) is 23.4 Å². The van der Waals surface area contributed by atoms with Gasteiger partial charge in [-0.1, -0.05) is 0 Å². The Hall–Kier alpha value is -0.976. The topological polar surface area (TPSA) is 165 Å². The van der Waals surface area contributed by atoms with Crippen molar-refractivity contribution in [3.05, 3.63) is 24.6 Å². The third kappa shape index (κ3) is 3.91. The van der Waals surface area contributed by atoms with Crippen LogP contribution in [0.4, 0.5) is 5.82 Å². The number of imidazole rings is 1. The molecule has 2 aromatic rings. The van der Waals surface area contributed by atoms with Gasteiger partial charge in [-0.05, 0) is 6.42 Å². The van der Waals surface area contributed by atoms with Crippen LogP contribution in [-0.2, 0) is 47.3 Å². The van der Waals surface area contributed by atoms with Gasteiger partial charge in [0.1, 0.15) is 21.7 Å². The average molecular weight is 441 g/mol. The van der Waals surface area contributed by atoms with Crippen LogP contribution in [0.5, 0.6) is 0 Å².